The number of amides is 2. The van der Waals surface area contributed by atoms with E-state index in [1.165, 1.54) is 4.31 Å². The second-order valence-electron chi connectivity index (χ2n) is 11.5. The van der Waals surface area contributed by atoms with Gasteiger partial charge < -0.3 is 14.4 Å². The largest absolute Gasteiger partial charge is 0.336 e. The van der Waals surface area contributed by atoms with Crippen LogP contribution in [0, 0.1) is 0 Å². The molecule has 3 heterocycles. The molecule has 0 radical (unpaired) electrons. The maximum Gasteiger partial charge on any atom is 0.270 e. The first kappa shape index (κ1) is 30.3. The first-order chi connectivity index (χ1) is 21.1. The maximum atomic E-state index is 14.1. The van der Waals surface area contributed by atoms with Crippen LogP contribution in [0.4, 0.5) is 0 Å². The van der Waals surface area contributed by atoms with Gasteiger partial charge in [-0.25, -0.2) is 8.42 Å². The molecule has 0 atom stereocenters. The van der Waals surface area contributed by atoms with E-state index in [-0.39, 0.29) is 42.9 Å². The van der Waals surface area contributed by atoms with E-state index in [1.54, 1.807) is 47.4 Å². The molecule has 0 unspecified atom stereocenters. The van der Waals surface area contributed by atoms with Gasteiger partial charge in [-0.1, -0.05) is 35.9 Å². The van der Waals surface area contributed by atoms with Gasteiger partial charge in [0, 0.05) is 80.1 Å². The van der Waals surface area contributed by atoms with Crippen LogP contribution in [-0.4, -0.2) is 102 Å². The van der Waals surface area contributed by atoms with E-state index in [0.29, 0.717) is 35.4 Å². The lowest BCUT2D eigenvalue weighted by Crippen LogP contribution is -2.50. The molecule has 2 saturated heterocycles. The summed E-state index contributed by atoms with van der Waals surface area (Å²) in [5.74, 6) is -0.231. The number of fused-ring (bicyclic) bond motifs is 1. The van der Waals surface area contributed by atoms with Crippen LogP contribution in [0.3, 0.4) is 0 Å². The van der Waals surface area contributed by atoms with E-state index in [4.69, 9.17) is 11.6 Å². The minimum atomic E-state index is -3.65. The summed E-state index contributed by atoms with van der Waals surface area (Å²) < 4.78 is 29.6. The van der Waals surface area contributed by atoms with Crippen molar-refractivity contribution in [2.75, 3.05) is 52.4 Å². The minimum Gasteiger partial charge on any atom is -0.336 e. The molecule has 2 amide bonds. The topological polar surface area (TPSA) is 86.2 Å². The van der Waals surface area contributed by atoms with Crippen LogP contribution in [0.5, 0.6) is 0 Å². The normalized spacial score (nSPS) is 17.0. The van der Waals surface area contributed by atoms with Crippen molar-refractivity contribution < 1.29 is 18.0 Å². The summed E-state index contributed by atoms with van der Waals surface area (Å²) in [7, 11) is -3.65. The SMILES string of the molecule is CC(C)N1CCN(C(=O)c2ccc3c(c2)cc(C(=O)N2CCN(S(=O)(=O)c4ccccc4)CC2)n3-c2cccc(Cl)c2)CC1. The molecule has 44 heavy (non-hydrogen) atoms. The van der Waals surface area contributed by atoms with Gasteiger partial charge in [-0.15, -0.1) is 0 Å². The lowest BCUT2D eigenvalue weighted by Gasteiger charge is -2.37. The van der Waals surface area contributed by atoms with Crippen molar-refractivity contribution in [3.63, 3.8) is 0 Å². The van der Waals surface area contributed by atoms with E-state index in [1.807, 2.05) is 45.9 Å². The van der Waals surface area contributed by atoms with Crippen LogP contribution in [-0.2, 0) is 10.0 Å². The number of aromatic nitrogens is 1. The Morgan fingerprint density at radius 3 is 2.05 bits per heavy atom. The van der Waals surface area contributed by atoms with Crippen molar-refractivity contribution >= 4 is 44.3 Å². The molecule has 9 nitrogen and oxygen atoms in total. The molecule has 2 fully saturated rings. The molecule has 2 aliphatic heterocycles. The molecule has 2 aliphatic rings. The van der Waals surface area contributed by atoms with Crippen molar-refractivity contribution in [2.24, 2.45) is 0 Å². The van der Waals surface area contributed by atoms with Gasteiger partial charge in [-0.2, -0.15) is 4.31 Å². The summed E-state index contributed by atoms with van der Waals surface area (Å²) >= 11 is 6.36. The zero-order valence-corrected chi connectivity index (χ0v) is 26.5. The van der Waals surface area contributed by atoms with Crippen LogP contribution < -0.4 is 0 Å². The molecule has 0 bridgehead atoms. The Bertz CT molecular complexity index is 1790. The number of carbonyl (C=O) groups is 2. The smallest absolute Gasteiger partial charge is 0.270 e. The highest BCUT2D eigenvalue weighted by Gasteiger charge is 2.32. The third kappa shape index (κ3) is 5.87. The summed E-state index contributed by atoms with van der Waals surface area (Å²) in [5.41, 5.74) is 2.52. The highest BCUT2D eigenvalue weighted by molar-refractivity contribution is 7.89. The third-order valence-corrected chi connectivity index (χ3v) is 10.7. The number of nitrogens with zero attached hydrogens (tertiary/aromatic N) is 5. The molecule has 4 aromatic rings. The molecular weight excluding hydrogens is 598 g/mol. The average molecular weight is 634 g/mol. The first-order valence-corrected chi connectivity index (χ1v) is 16.7. The fraction of sp³-hybridized carbons (Fsp3) is 0.333. The average Bonchev–Trinajstić information content (AvgIpc) is 3.43. The Balaban J connectivity index is 1.28. The molecule has 0 spiro atoms. The van der Waals surface area contributed by atoms with E-state index < -0.39 is 10.0 Å². The molecule has 0 N–H and O–H groups in total. The van der Waals surface area contributed by atoms with Gasteiger partial charge in [-0.3, -0.25) is 14.5 Å². The van der Waals surface area contributed by atoms with Crippen LogP contribution in [0.25, 0.3) is 16.6 Å². The fourth-order valence-electron chi connectivity index (χ4n) is 6.06. The summed E-state index contributed by atoms with van der Waals surface area (Å²) in [6.45, 7) is 8.28. The van der Waals surface area contributed by atoms with Crippen molar-refractivity contribution in [3.8, 4) is 5.69 Å². The fourth-order valence-corrected chi connectivity index (χ4v) is 7.69. The van der Waals surface area contributed by atoms with Gasteiger partial charge in [0.25, 0.3) is 11.8 Å². The van der Waals surface area contributed by atoms with Crippen LogP contribution in [0.15, 0.2) is 83.8 Å². The van der Waals surface area contributed by atoms with Crippen molar-refractivity contribution in [2.45, 2.75) is 24.8 Å². The van der Waals surface area contributed by atoms with Gasteiger partial charge in [0.15, 0.2) is 0 Å². The van der Waals surface area contributed by atoms with E-state index in [0.717, 1.165) is 29.7 Å². The van der Waals surface area contributed by atoms with Gasteiger partial charge >= 0.3 is 0 Å². The molecule has 230 valence electrons. The molecular formula is C33H36ClN5O4S. The lowest BCUT2D eigenvalue weighted by molar-refractivity contribution is 0.0595. The predicted molar refractivity (Wildman–Crippen MR) is 172 cm³/mol. The monoisotopic (exact) mass is 633 g/mol. The standard InChI is InChI=1S/C33H36ClN5O4S/c1-24(2)35-13-15-36(16-14-35)32(40)25-11-12-30-26(21-25)22-31(39(30)28-8-6-7-27(34)23-28)33(41)37-17-19-38(20-18-37)44(42,43)29-9-4-3-5-10-29/h3-12,21-24H,13-20H2,1-2H3. The number of piperazine rings is 2. The molecule has 1 aromatic heterocycles. The second-order valence-corrected chi connectivity index (χ2v) is 13.9. The molecule has 3 aromatic carbocycles. The number of hydrogen-bond acceptors (Lipinski definition) is 5. The minimum absolute atomic E-state index is 0.0190. The Hall–Kier alpha value is -3.70. The predicted octanol–water partition coefficient (Wildman–Crippen LogP) is 4.60. The van der Waals surface area contributed by atoms with Crippen molar-refractivity contribution in [1.29, 1.82) is 0 Å². The molecule has 6 rings (SSSR count). The third-order valence-electron chi connectivity index (χ3n) is 8.57. The molecule has 0 saturated carbocycles. The highest BCUT2D eigenvalue weighted by Crippen LogP contribution is 2.29. The summed E-state index contributed by atoms with van der Waals surface area (Å²) in [6.07, 6.45) is 0. The van der Waals surface area contributed by atoms with E-state index in [2.05, 4.69) is 18.7 Å². The number of rotatable bonds is 6. The zero-order valence-electron chi connectivity index (χ0n) is 24.9. The lowest BCUT2D eigenvalue weighted by atomic mass is 10.1. The van der Waals surface area contributed by atoms with Gasteiger partial charge in [0.05, 0.1) is 10.4 Å². The Labute approximate surface area is 263 Å². The van der Waals surface area contributed by atoms with E-state index >= 15 is 0 Å². The zero-order chi connectivity index (χ0) is 31.0. The molecule has 11 heteroatoms. The summed E-state index contributed by atoms with van der Waals surface area (Å²) in [5, 5.41) is 1.31. The van der Waals surface area contributed by atoms with Gasteiger partial charge in [-0.05, 0) is 68.4 Å². The number of carbonyl (C=O) groups excluding carboxylic acids is 2. The number of hydrogen-bond donors (Lipinski definition) is 0. The maximum absolute atomic E-state index is 14.1. The van der Waals surface area contributed by atoms with E-state index in [9.17, 15) is 18.0 Å². The number of sulfonamides is 1. The quantitative estimate of drug-likeness (QED) is 0.310. The highest BCUT2D eigenvalue weighted by atomic mass is 35.5. The Morgan fingerprint density at radius 1 is 0.727 bits per heavy atom. The second kappa shape index (κ2) is 12.4. The first-order valence-electron chi connectivity index (χ1n) is 14.9. The summed E-state index contributed by atoms with van der Waals surface area (Å²) in [6, 6.07) is 23.5. The van der Waals surface area contributed by atoms with Crippen LogP contribution in [0.1, 0.15) is 34.7 Å². The Morgan fingerprint density at radius 2 is 1.39 bits per heavy atom. The molecule has 0 aliphatic carbocycles. The van der Waals surface area contributed by atoms with Crippen molar-refractivity contribution in [1.82, 2.24) is 23.6 Å². The van der Waals surface area contributed by atoms with Crippen LogP contribution in [0.2, 0.25) is 5.02 Å². The van der Waals surface area contributed by atoms with Gasteiger partial charge in [0.1, 0.15) is 5.69 Å². The van der Waals surface area contributed by atoms with Crippen molar-refractivity contribution in [3.05, 3.63) is 95.1 Å². The number of benzene rings is 3. The Kier molecular flexibility index (Phi) is 8.52. The number of halogens is 1. The van der Waals surface area contributed by atoms with Gasteiger partial charge in [0.2, 0.25) is 10.0 Å². The van der Waals surface area contributed by atoms with Crippen LogP contribution >= 0.6 is 11.6 Å². The summed E-state index contributed by atoms with van der Waals surface area (Å²) in [4.78, 5) is 33.7.